The summed E-state index contributed by atoms with van der Waals surface area (Å²) >= 11 is 6.34. The average Bonchev–Trinajstić information content (AvgIpc) is 3.04. The molecule has 1 amide bonds. The minimum atomic E-state index is -0.107. The minimum absolute atomic E-state index is 0.107. The lowest BCUT2D eigenvalue weighted by Gasteiger charge is -2.36. The number of para-hydroxylation sites is 1. The Bertz CT molecular complexity index is 1170. The Kier molecular flexibility index (Phi) is 7.02. The molecule has 0 bridgehead atoms. The molecule has 33 heavy (non-hydrogen) atoms. The van der Waals surface area contributed by atoms with Crippen LogP contribution >= 0.6 is 11.6 Å². The van der Waals surface area contributed by atoms with Gasteiger partial charge in [0.1, 0.15) is 11.9 Å². The molecule has 1 saturated heterocycles. The summed E-state index contributed by atoms with van der Waals surface area (Å²) in [5, 5.41) is 13.5. The van der Waals surface area contributed by atoms with Gasteiger partial charge < -0.3 is 14.8 Å². The number of rotatable bonds is 6. The summed E-state index contributed by atoms with van der Waals surface area (Å²) in [6.07, 6.45) is 0. The number of piperazine rings is 1. The van der Waals surface area contributed by atoms with Gasteiger partial charge in [-0.25, -0.2) is 0 Å². The number of hydrogen-bond acceptors (Lipinski definition) is 4. The topological polar surface area (TPSA) is 64.3 Å². The van der Waals surface area contributed by atoms with Crippen molar-refractivity contribution in [2.24, 2.45) is 0 Å². The van der Waals surface area contributed by atoms with Gasteiger partial charge in [0.05, 0.1) is 22.8 Å². The molecule has 0 atom stereocenters. The van der Waals surface area contributed by atoms with Crippen LogP contribution < -0.4 is 10.2 Å². The molecule has 3 aromatic rings. The molecule has 1 fully saturated rings. The zero-order valence-corrected chi connectivity index (χ0v) is 19.8. The van der Waals surface area contributed by atoms with Gasteiger partial charge in [0, 0.05) is 38.4 Å². The maximum Gasteiger partial charge on any atom is 0.239 e. The van der Waals surface area contributed by atoms with Crippen molar-refractivity contribution in [3.63, 3.8) is 0 Å². The van der Waals surface area contributed by atoms with Crippen LogP contribution in [0.2, 0.25) is 5.02 Å². The average molecular weight is 462 g/mol. The van der Waals surface area contributed by atoms with Crippen molar-refractivity contribution in [3.05, 3.63) is 82.0 Å². The van der Waals surface area contributed by atoms with Crippen molar-refractivity contribution in [3.8, 4) is 6.07 Å². The molecular weight excluding hydrogens is 434 g/mol. The van der Waals surface area contributed by atoms with Crippen LogP contribution in [0.1, 0.15) is 22.4 Å². The minimum Gasteiger partial charge on any atom is -0.368 e. The first-order chi connectivity index (χ1) is 16.0. The highest BCUT2D eigenvalue weighted by molar-refractivity contribution is 6.33. The Morgan fingerprint density at radius 1 is 1.03 bits per heavy atom. The van der Waals surface area contributed by atoms with Crippen molar-refractivity contribution < 1.29 is 4.79 Å². The summed E-state index contributed by atoms with van der Waals surface area (Å²) in [6, 6.07) is 20.2. The van der Waals surface area contributed by atoms with Crippen LogP contribution in [0, 0.1) is 25.2 Å². The molecule has 6 nitrogen and oxygen atoms in total. The Labute approximate surface area is 200 Å². The third-order valence-electron chi connectivity index (χ3n) is 6.32. The lowest BCUT2D eigenvalue weighted by atomic mass is 10.2. The van der Waals surface area contributed by atoms with Gasteiger partial charge in [-0.05, 0) is 37.1 Å². The van der Waals surface area contributed by atoms with E-state index >= 15 is 0 Å². The fraction of sp³-hybridized carbons (Fsp3) is 0.308. The first kappa shape index (κ1) is 22.9. The van der Waals surface area contributed by atoms with Gasteiger partial charge in [-0.2, -0.15) is 5.26 Å². The monoisotopic (exact) mass is 461 g/mol. The van der Waals surface area contributed by atoms with Crippen molar-refractivity contribution in [1.82, 2.24) is 9.47 Å². The number of halogens is 1. The SMILES string of the molecule is Cc1c(C#N)c(NC(=O)CN2CCN(c3ccccc3Cl)CC2)n(Cc2ccccc2)c1C. The number of carbonyl (C=O) groups is 1. The highest BCUT2D eigenvalue weighted by Gasteiger charge is 2.23. The van der Waals surface area contributed by atoms with Crippen LogP contribution in [0.3, 0.4) is 0 Å². The van der Waals surface area contributed by atoms with Gasteiger partial charge in [-0.3, -0.25) is 9.69 Å². The molecule has 0 unspecified atom stereocenters. The van der Waals surface area contributed by atoms with Crippen molar-refractivity contribution >= 4 is 29.0 Å². The van der Waals surface area contributed by atoms with Crippen LogP contribution in [-0.2, 0) is 11.3 Å². The van der Waals surface area contributed by atoms with E-state index in [1.54, 1.807) is 0 Å². The summed E-state index contributed by atoms with van der Waals surface area (Å²) < 4.78 is 2.02. The largest absolute Gasteiger partial charge is 0.368 e. The number of carbonyl (C=O) groups excluding carboxylic acids is 1. The molecule has 7 heteroatoms. The molecule has 1 N–H and O–H groups in total. The fourth-order valence-electron chi connectivity index (χ4n) is 4.32. The van der Waals surface area contributed by atoms with E-state index in [-0.39, 0.29) is 12.5 Å². The molecule has 1 aliphatic heterocycles. The standard InChI is InChI=1S/C26H28ClN5O/c1-19-20(2)32(17-21-8-4-3-5-9-21)26(22(19)16-28)29-25(33)18-30-12-14-31(15-13-30)24-11-7-6-10-23(24)27/h3-11H,12-15,17-18H2,1-2H3,(H,29,33). The Morgan fingerprint density at radius 3 is 2.36 bits per heavy atom. The number of amides is 1. The zero-order valence-electron chi connectivity index (χ0n) is 19.0. The second-order valence-electron chi connectivity index (χ2n) is 8.38. The van der Waals surface area contributed by atoms with Gasteiger partial charge in [0.25, 0.3) is 0 Å². The van der Waals surface area contributed by atoms with Gasteiger partial charge >= 0.3 is 0 Å². The van der Waals surface area contributed by atoms with Crippen LogP contribution in [0.5, 0.6) is 0 Å². The molecular formula is C26H28ClN5O. The first-order valence-corrected chi connectivity index (χ1v) is 11.5. The Balaban J connectivity index is 1.43. The normalized spacial score (nSPS) is 14.2. The van der Waals surface area contributed by atoms with Gasteiger partial charge in [0.15, 0.2) is 0 Å². The predicted octanol–water partition coefficient (Wildman–Crippen LogP) is 4.44. The second kappa shape index (κ2) is 10.1. The molecule has 4 rings (SSSR count). The molecule has 0 spiro atoms. The highest BCUT2D eigenvalue weighted by Crippen LogP contribution is 2.28. The smallest absolute Gasteiger partial charge is 0.239 e. The van der Waals surface area contributed by atoms with E-state index < -0.39 is 0 Å². The third-order valence-corrected chi connectivity index (χ3v) is 6.63. The van der Waals surface area contributed by atoms with E-state index in [1.165, 1.54) is 0 Å². The number of aromatic nitrogens is 1. The molecule has 1 aromatic heterocycles. The molecule has 170 valence electrons. The van der Waals surface area contributed by atoms with E-state index in [9.17, 15) is 10.1 Å². The van der Waals surface area contributed by atoms with Crippen LogP contribution in [0.4, 0.5) is 11.5 Å². The highest BCUT2D eigenvalue weighted by atomic mass is 35.5. The summed E-state index contributed by atoms with van der Waals surface area (Å²) in [6.45, 7) is 7.96. The predicted molar refractivity (Wildman–Crippen MR) is 133 cm³/mol. The van der Waals surface area contributed by atoms with Crippen molar-refractivity contribution in [1.29, 1.82) is 5.26 Å². The molecule has 1 aliphatic rings. The molecule has 0 saturated carbocycles. The van der Waals surface area contributed by atoms with Gasteiger partial charge in [0.2, 0.25) is 5.91 Å². The van der Waals surface area contributed by atoms with Crippen LogP contribution in [0.25, 0.3) is 0 Å². The Hall–Kier alpha value is -3.27. The number of nitrogens with zero attached hydrogens (tertiary/aromatic N) is 4. The summed E-state index contributed by atoms with van der Waals surface area (Å²) in [7, 11) is 0. The summed E-state index contributed by atoms with van der Waals surface area (Å²) in [5.74, 6) is 0.473. The van der Waals surface area contributed by atoms with E-state index in [4.69, 9.17) is 11.6 Å². The number of nitriles is 1. The molecule has 0 aliphatic carbocycles. The quantitative estimate of drug-likeness (QED) is 0.589. The lowest BCUT2D eigenvalue weighted by molar-refractivity contribution is -0.117. The molecule has 2 aromatic carbocycles. The van der Waals surface area contributed by atoms with E-state index in [0.717, 1.165) is 53.7 Å². The third kappa shape index (κ3) is 5.05. The lowest BCUT2D eigenvalue weighted by Crippen LogP contribution is -2.48. The summed E-state index contributed by atoms with van der Waals surface area (Å²) in [5.41, 5.74) is 4.56. The van der Waals surface area contributed by atoms with Crippen LogP contribution in [-0.4, -0.2) is 48.1 Å². The van der Waals surface area contributed by atoms with Gasteiger partial charge in [-0.15, -0.1) is 0 Å². The summed E-state index contributed by atoms with van der Waals surface area (Å²) in [4.78, 5) is 17.4. The van der Waals surface area contributed by atoms with E-state index in [2.05, 4.69) is 21.2 Å². The number of hydrogen-bond donors (Lipinski definition) is 1. The van der Waals surface area contributed by atoms with Crippen LogP contribution in [0.15, 0.2) is 54.6 Å². The maximum absolute atomic E-state index is 13.0. The number of benzene rings is 2. The Morgan fingerprint density at radius 2 is 1.70 bits per heavy atom. The number of anilines is 2. The van der Waals surface area contributed by atoms with E-state index in [0.29, 0.717) is 17.9 Å². The first-order valence-electron chi connectivity index (χ1n) is 11.1. The fourth-order valence-corrected chi connectivity index (χ4v) is 4.58. The zero-order chi connectivity index (χ0) is 23.4. The molecule has 0 radical (unpaired) electrons. The van der Waals surface area contributed by atoms with E-state index in [1.807, 2.05) is 73.0 Å². The maximum atomic E-state index is 13.0. The number of nitrogens with one attached hydrogen (secondary N) is 1. The second-order valence-corrected chi connectivity index (χ2v) is 8.79. The van der Waals surface area contributed by atoms with Gasteiger partial charge in [-0.1, -0.05) is 54.1 Å². The van der Waals surface area contributed by atoms with Crippen molar-refractivity contribution in [2.75, 3.05) is 42.9 Å². The van der Waals surface area contributed by atoms with Crippen molar-refractivity contribution in [2.45, 2.75) is 20.4 Å². The molecule has 2 heterocycles.